The van der Waals surface area contributed by atoms with E-state index in [4.69, 9.17) is 21.1 Å². The summed E-state index contributed by atoms with van der Waals surface area (Å²) in [6.07, 6.45) is 1.44. The van der Waals surface area contributed by atoms with Crippen molar-refractivity contribution in [3.8, 4) is 22.3 Å². The third-order valence-corrected chi connectivity index (χ3v) is 15.2. The molecule has 69 heavy (non-hydrogen) atoms. The van der Waals surface area contributed by atoms with Gasteiger partial charge in [0.2, 0.25) is 17.7 Å². The number of aryl methyl sites for hydroxylation is 1. The van der Waals surface area contributed by atoms with Gasteiger partial charge in [0.1, 0.15) is 36.6 Å². The van der Waals surface area contributed by atoms with Crippen molar-refractivity contribution >= 4 is 52.3 Å². The van der Waals surface area contributed by atoms with E-state index in [1.54, 1.807) is 29.5 Å². The molecule has 1 saturated heterocycles. The van der Waals surface area contributed by atoms with Crippen LogP contribution >= 0.6 is 22.9 Å². The molecule has 3 heterocycles. The molecule has 1 unspecified atom stereocenters. The number of thiazole rings is 1. The predicted molar refractivity (Wildman–Crippen MR) is 268 cm³/mol. The number of carbonyl (C=O) groups excluding carboxylic acids is 4. The summed E-state index contributed by atoms with van der Waals surface area (Å²) in [6.45, 7) is 19.3. The van der Waals surface area contributed by atoms with Crippen molar-refractivity contribution in [2.45, 2.75) is 131 Å². The molecule has 4 N–H and O–H groups in total. The average molecular weight is 981 g/mol. The number of aromatic nitrogens is 1. The van der Waals surface area contributed by atoms with Crippen molar-refractivity contribution in [2.75, 3.05) is 31.6 Å². The first-order chi connectivity index (χ1) is 32.6. The number of unbranched alkanes of at least 4 members (excludes halogenated alkanes) is 2. The number of likely N-dealkylation sites (tertiary alicyclic amines) is 1. The average Bonchev–Trinajstić information content (AvgIpc) is 4.00. The van der Waals surface area contributed by atoms with Crippen LogP contribution < -0.4 is 20.7 Å². The molecule has 3 aromatic carbocycles. The number of carbonyl (C=O) groups is 4. The SMILES string of the molecule is Cc1ncsc1-c1ccc([C@H](C)NC(=O)[C@@H]2C[C@@H](O)CN2C(=O)C(NC(=O)COCCCCCNc2ccc3c(c2)C(=O)N(C2C(C)(C)C(Oc4ccc(C#N)c(Cl)c4)C2(C)C)C3)C(C)(C)C)cc1. The number of anilines is 1. The van der Waals surface area contributed by atoms with E-state index in [1.165, 1.54) is 4.90 Å². The summed E-state index contributed by atoms with van der Waals surface area (Å²) in [6, 6.07) is 18.8. The van der Waals surface area contributed by atoms with E-state index >= 15 is 0 Å². The number of hydrogen-bond donors (Lipinski definition) is 4. The molecule has 368 valence electrons. The maximum atomic E-state index is 14.1. The standard InChI is InChI=1S/C53H66ClN7O7S/c1-31(33-13-15-34(16-14-33)44-32(2)57-30-69-44)58-46(64)42-24-38(62)28-60(42)48(66)45(51(3,4)5)59-43(63)29-67-22-12-10-11-21-56-37-19-17-36-27-61(47(65)40(36)23-37)49-52(6,7)50(53(49,8)9)68-39-20-18-35(26-55)41(54)25-39/h13-20,23,25,30-31,38,42,45,49-50,56,62H,10-12,21-22,24,27-29H2,1-9H3,(H,58,64)(H,59,63)/t31-,38+,42-,45?,49?,50?/m0/s1. The number of ether oxygens (including phenoxy) is 2. The summed E-state index contributed by atoms with van der Waals surface area (Å²) < 4.78 is 12.2. The summed E-state index contributed by atoms with van der Waals surface area (Å²) in [5.41, 5.74) is 6.28. The molecular weight excluding hydrogens is 914 g/mol. The Bertz CT molecular complexity index is 2570. The molecule has 0 bridgehead atoms. The zero-order valence-electron chi connectivity index (χ0n) is 41.2. The quantitative estimate of drug-likeness (QED) is 0.0706. The molecule has 3 aliphatic rings. The first kappa shape index (κ1) is 51.3. The van der Waals surface area contributed by atoms with Crippen LogP contribution in [0.4, 0.5) is 5.69 Å². The summed E-state index contributed by atoms with van der Waals surface area (Å²) in [5.74, 6) is -0.633. The molecule has 14 nitrogen and oxygen atoms in total. The van der Waals surface area contributed by atoms with Gasteiger partial charge in [-0.1, -0.05) is 90.4 Å². The van der Waals surface area contributed by atoms with E-state index in [1.807, 2.05) is 87.5 Å². The van der Waals surface area contributed by atoms with E-state index in [0.717, 1.165) is 52.2 Å². The number of nitriles is 1. The van der Waals surface area contributed by atoms with Crippen LogP contribution in [0, 0.1) is 34.5 Å². The highest BCUT2D eigenvalue weighted by molar-refractivity contribution is 7.13. The van der Waals surface area contributed by atoms with Crippen molar-refractivity contribution in [3.05, 3.63) is 99.1 Å². The fraction of sp³-hybridized carbons (Fsp3) is 0.509. The minimum Gasteiger partial charge on any atom is -0.489 e. The van der Waals surface area contributed by atoms with Gasteiger partial charge in [-0.05, 0) is 79.5 Å². The van der Waals surface area contributed by atoms with Crippen LogP contribution in [0.5, 0.6) is 5.75 Å². The molecule has 7 rings (SSSR count). The Labute approximate surface area is 415 Å². The Kier molecular flexibility index (Phi) is 15.5. The fourth-order valence-corrected chi connectivity index (χ4v) is 11.8. The normalized spacial score (nSPS) is 21.2. The van der Waals surface area contributed by atoms with Gasteiger partial charge in [-0.25, -0.2) is 4.98 Å². The van der Waals surface area contributed by atoms with Crippen LogP contribution in [0.3, 0.4) is 0 Å². The molecule has 4 amide bonds. The zero-order valence-corrected chi connectivity index (χ0v) is 42.7. The van der Waals surface area contributed by atoms with Crippen molar-refractivity contribution < 1.29 is 33.8 Å². The maximum absolute atomic E-state index is 14.1. The summed E-state index contributed by atoms with van der Waals surface area (Å²) in [5, 5.41) is 29.6. The lowest BCUT2D eigenvalue weighted by molar-refractivity contribution is -0.199. The predicted octanol–water partition coefficient (Wildman–Crippen LogP) is 8.45. The lowest BCUT2D eigenvalue weighted by Crippen LogP contribution is -2.74. The minimum absolute atomic E-state index is 0.00671. The molecule has 0 spiro atoms. The van der Waals surface area contributed by atoms with Crippen LogP contribution in [0.1, 0.15) is 120 Å². The lowest BCUT2D eigenvalue weighted by atomic mass is 9.49. The van der Waals surface area contributed by atoms with E-state index in [-0.39, 0.29) is 60.4 Å². The second-order valence-electron chi connectivity index (χ2n) is 21.0. The molecule has 4 aromatic rings. The smallest absolute Gasteiger partial charge is 0.254 e. The Morgan fingerprint density at radius 1 is 1.01 bits per heavy atom. The van der Waals surface area contributed by atoms with Gasteiger partial charge in [0.15, 0.2) is 0 Å². The summed E-state index contributed by atoms with van der Waals surface area (Å²) in [4.78, 5) is 63.7. The number of benzene rings is 3. The van der Waals surface area contributed by atoms with Gasteiger partial charge in [0, 0.05) is 66.9 Å². The Hall–Kier alpha value is -5.53. The second kappa shape index (κ2) is 20.8. The summed E-state index contributed by atoms with van der Waals surface area (Å²) in [7, 11) is 0. The number of aliphatic hydroxyl groups is 1. The van der Waals surface area contributed by atoms with Gasteiger partial charge >= 0.3 is 0 Å². The number of aliphatic hydroxyl groups excluding tert-OH is 1. The monoisotopic (exact) mass is 979 g/mol. The number of nitrogens with zero attached hydrogens (tertiary/aromatic N) is 4. The minimum atomic E-state index is -0.955. The number of β-amino-alcohol motifs (C(OH)–C–C–N with tert-alkyl or cyclic N) is 1. The molecule has 1 saturated carbocycles. The van der Waals surface area contributed by atoms with E-state index in [2.05, 4.69) is 54.7 Å². The molecule has 1 aliphatic carbocycles. The van der Waals surface area contributed by atoms with Crippen molar-refractivity contribution in [1.29, 1.82) is 5.26 Å². The van der Waals surface area contributed by atoms with Crippen molar-refractivity contribution in [2.24, 2.45) is 16.2 Å². The molecule has 16 heteroatoms. The highest BCUT2D eigenvalue weighted by Crippen LogP contribution is 2.59. The molecule has 2 fully saturated rings. The van der Waals surface area contributed by atoms with Crippen LogP contribution in [0.25, 0.3) is 10.4 Å². The van der Waals surface area contributed by atoms with Crippen molar-refractivity contribution in [1.82, 2.24) is 25.4 Å². The van der Waals surface area contributed by atoms with Crippen LogP contribution in [-0.4, -0.2) is 100 Å². The Morgan fingerprint density at radius 2 is 1.74 bits per heavy atom. The zero-order chi connectivity index (χ0) is 50.0. The molecular formula is C53H66ClN7O7S. The number of hydrogen-bond acceptors (Lipinski definition) is 11. The number of fused-ring (bicyclic) bond motifs is 1. The highest BCUT2D eigenvalue weighted by atomic mass is 35.5. The maximum Gasteiger partial charge on any atom is 0.254 e. The van der Waals surface area contributed by atoms with Crippen LogP contribution in [0.2, 0.25) is 5.02 Å². The second-order valence-corrected chi connectivity index (χ2v) is 22.3. The first-order valence-corrected chi connectivity index (χ1v) is 25.1. The van der Waals surface area contributed by atoms with Crippen molar-refractivity contribution in [3.63, 3.8) is 0 Å². The Balaban J connectivity index is 0.827. The molecule has 0 radical (unpaired) electrons. The number of nitrogens with one attached hydrogen (secondary N) is 3. The lowest BCUT2D eigenvalue weighted by Gasteiger charge is -2.65. The number of amides is 4. The van der Waals surface area contributed by atoms with Crippen LogP contribution in [0.15, 0.2) is 66.2 Å². The van der Waals surface area contributed by atoms with Gasteiger partial charge in [0.25, 0.3) is 5.91 Å². The van der Waals surface area contributed by atoms with E-state index < -0.39 is 35.4 Å². The first-order valence-electron chi connectivity index (χ1n) is 23.8. The number of rotatable bonds is 18. The largest absolute Gasteiger partial charge is 0.489 e. The molecule has 2 aliphatic heterocycles. The van der Waals surface area contributed by atoms with Gasteiger partial charge < -0.3 is 40.3 Å². The molecule has 4 atom stereocenters. The van der Waals surface area contributed by atoms with Crippen LogP contribution in [-0.2, 0) is 25.7 Å². The molecule has 1 aromatic heterocycles. The van der Waals surface area contributed by atoms with Gasteiger partial charge in [-0.15, -0.1) is 11.3 Å². The highest BCUT2D eigenvalue weighted by Gasteiger charge is 2.67. The van der Waals surface area contributed by atoms with Gasteiger partial charge in [-0.3, -0.25) is 19.2 Å². The Morgan fingerprint density at radius 3 is 2.39 bits per heavy atom. The van der Waals surface area contributed by atoms with Gasteiger partial charge in [-0.2, -0.15) is 5.26 Å². The number of halogens is 1. The topological polar surface area (TPSA) is 186 Å². The third-order valence-electron chi connectivity index (χ3n) is 13.9. The van der Waals surface area contributed by atoms with E-state index in [9.17, 15) is 29.5 Å². The van der Waals surface area contributed by atoms with Gasteiger partial charge in [0.05, 0.1) is 38.8 Å². The summed E-state index contributed by atoms with van der Waals surface area (Å²) >= 11 is 7.87. The van der Waals surface area contributed by atoms with E-state index in [0.29, 0.717) is 41.6 Å². The fourth-order valence-electron chi connectivity index (χ4n) is 10.8. The third kappa shape index (κ3) is 11.1.